The van der Waals surface area contributed by atoms with Crippen LogP contribution in [-0.2, 0) is 4.79 Å². The fourth-order valence-corrected chi connectivity index (χ4v) is 1.42. The van der Waals surface area contributed by atoms with E-state index >= 15 is 0 Å². The molecule has 18 heavy (non-hydrogen) atoms. The Morgan fingerprint density at radius 3 is 2.33 bits per heavy atom. The Balaban J connectivity index is 2.31. The number of ether oxygens (including phenoxy) is 1. The van der Waals surface area contributed by atoms with Gasteiger partial charge in [-0.2, -0.15) is 0 Å². The molecule has 0 amide bonds. The van der Waals surface area contributed by atoms with E-state index < -0.39 is 5.97 Å². The van der Waals surface area contributed by atoms with Crippen LogP contribution in [0.5, 0.6) is 5.75 Å². The second-order valence-corrected chi connectivity index (χ2v) is 4.40. The summed E-state index contributed by atoms with van der Waals surface area (Å²) in [4.78, 5) is 22.0. The lowest BCUT2D eigenvalue weighted by atomic mass is 10.1. The number of Topliss-reactive ketones (excluding diaryl/α,β-unsaturated/α-hetero) is 1. The number of hydrogen-bond donors (Lipinski definition) is 1. The van der Waals surface area contributed by atoms with Crippen molar-refractivity contribution < 1.29 is 19.4 Å². The summed E-state index contributed by atoms with van der Waals surface area (Å²) in [6.45, 7) is 4.23. The molecule has 0 fully saturated rings. The number of carbonyl (C=O) groups excluding carboxylic acids is 1. The molecule has 1 aromatic rings. The van der Waals surface area contributed by atoms with Gasteiger partial charge >= 0.3 is 5.97 Å². The predicted octanol–water partition coefficient (Wildman–Crippen LogP) is 2.77. The first-order valence-electron chi connectivity index (χ1n) is 5.99. The minimum Gasteiger partial charge on any atom is -0.494 e. The molecular weight excluding hydrogens is 232 g/mol. The molecule has 4 heteroatoms. The predicted molar refractivity (Wildman–Crippen MR) is 68.0 cm³/mol. The number of aromatic carboxylic acids is 1. The monoisotopic (exact) mass is 250 g/mol. The largest absolute Gasteiger partial charge is 0.494 e. The minimum absolute atomic E-state index is 0.0693. The van der Waals surface area contributed by atoms with Gasteiger partial charge in [0.2, 0.25) is 0 Å². The molecule has 0 saturated carbocycles. The molecule has 0 spiro atoms. The van der Waals surface area contributed by atoms with Crippen LogP contribution in [0.25, 0.3) is 0 Å². The van der Waals surface area contributed by atoms with Crippen LogP contribution < -0.4 is 4.74 Å². The van der Waals surface area contributed by atoms with Crippen molar-refractivity contribution in [3.63, 3.8) is 0 Å². The van der Waals surface area contributed by atoms with Crippen LogP contribution in [0.3, 0.4) is 0 Å². The van der Waals surface area contributed by atoms with Crippen LogP contribution in [0.15, 0.2) is 24.3 Å². The van der Waals surface area contributed by atoms with Crippen molar-refractivity contribution in [3.8, 4) is 5.75 Å². The second kappa shape index (κ2) is 6.79. The van der Waals surface area contributed by atoms with E-state index in [-0.39, 0.29) is 17.3 Å². The summed E-state index contributed by atoms with van der Waals surface area (Å²) in [5.41, 5.74) is 0.234. The molecule has 0 radical (unpaired) electrons. The Kier molecular flexibility index (Phi) is 5.36. The van der Waals surface area contributed by atoms with E-state index in [1.807, 2.05) is 13.8 Å². The van der Waals surface area contributed by atoms with Crippen molar-refractivity contribution in [1.82, 2.24) is 0 Å². The summed E-state index contributed by atoms with van der Waals surface area (Å²) in [6.07, 6.45) is 1.20. The van der Waals surface area contributed by atoms with Gasteiger partial charge in [-0.05, 0) is 30.7 Å². The highest BCUT2D eigenvalue weighted by molar-refractivity contribution is 5.87. The maximum Gasteiger partial charge on any atom is 0.335 e. The number of carbonyl (C=O) groups is 2. The third-order valence-corrected chi connectivity index (χ3v) is 2.58. The van der Waals surface area contributed by atoms with E-state index in [4.69, 9.17) is 9.84 Å². The first-order valence-corrected chi connectivity index (χ1v) is 5.99. The lowest BCUT2D eigenvalue weighted by Crippen LogP contribution is -2.09. The zero-order valence-corrected chi connectivity index (χ0v) is 10.7. The molecule has 1 N–H and O–H groups in total. The summed E-state index contributed by atoms with van der Waals surface area (Å²) in [7, 11) is 0. The van der Waals surface area contributed by atoms with Gasteiger partial charge in [-0.15, -0.1) is 0 Å². The number of rotatable bonds is 7. The lowest BCUT2D eigenvalue weighted by molar-refractivity contribution is -0.122. The van der Waals surface area contributed by atoms with Crippen LogP contribution in [0.2, 0.25) is 0 Å². The van der Waals surface area contributed by atoms with Crippen LogP contribution in [-0.4, -0.2) is 23.5 Å². The summed E-state index contributed by atoms with van der Waals surface area (Å²) < 4.78 is 5.43. The number of benzene rings is 1. The smallest absolute Gasteiger partial charge is 0.335 e. The van der Waals surface area contributed by atoms with Crippen molar-refractivity contribution in [2.75, 3.05) is 6.61 Å². The Morgan fingerprint density at radius 1 is 1.22 bits per heavy atom. The zero-order valence-electron chi connectivity index (χ0n) is 10.7. The van der Waals surface area contributed by atoms with Crippen LogP contribution >= 0.6 is 0 Å². The van der Waals surface area contributed by atoms with E-state index in [0.717, 1.165) is 0 Å². The summed E-state index contributed by atoms with van der Waals surface area (Å²) >= 11 is 0. The molecule has 4 nitrogen and oxygen atoms in total. The first-order chi connectivity index (χ1) is 8.50. The van der Waals surface area contributed by atoms with Gasteiger partial charge in [-0.1, -0.05) is 13.8 Å². The molecule has 0 aliphatic carbocycles. The molecule has 0 aliphatic rings. The highest BCUT2D eigenvalue weighted by atomic mass is 16.5. The summed E-state index contributed by atoms with van der Waals surface area (Å²) in [6, 6.07) is 6.23. The molecule has 0 bridgehead atoms. The van der Waals surface area contributed by atoms with Gasteiger partial charge in [0, 0.05) is 12.3 Å². The van der Waals surface area contributed by atoms with E-state index in [1.165, 1.54) is 12.1 Å². The molecule has 1 rings (SSSR count). The molecule has 0 saturated heterocycles. The van der Waals surface area contributed by atoms with Gasteiger partial charge in [-0.25, -0.2) is 4.79 Å². The number of ketones is 1. The fraction of sp³-hybridized carbons (Fsp3) is 0.429. The molecular formula is C14H18O4. The van der Waals surface area contributed by atoms with Crippen LogP contribution in [0, 0.1) is 5.92 Å². The van der Waals surface area contributed by atoms with Gasteiger partial charge in [0.15, 0.2) is 0 Å². The number of carboxylic acids is 1. The topological polar surface area (TPSA) is 63.6 Å². The summed E-state index contributed by atoms with van der Waals surface area (Å²) in [5, 5.41) is 8.72. The normalized spacial score (nSPS) is 10.4. The Labute approximate surface area is 107 Å². The van der Waals surface area contributed by atoms with Crippen LogP contribution in [0.1, 0.15) is 37.0 Å². The highest BCUT2D eigenvalue weighted by Gasteiger charge is 2.06. The van der Waals surface area contributed by atoms with Crippen molar-refractivity contribution in [2.24, 2.45) is 5.92 Å². The Bertz CT molecular complexity index is 406. The third kappa shape index (κ3) is 4.57. The molecule has 0 heterocycles. The van der Waals surface area contributed by atoms with Crippen LogP contribution in [0.4, 0.5) is 0 Å². The van der Waals surface area contributed by atoms with E-state index in [1.54, 1.807) is 12.1 Å². The van der Waals surface area contributed by atoms with Crippen molar-refractivity contribution in [2.45, 2.75) is 26.7 Å². The molecule has 0 atom stereocenters. The summed E-state index contributed by atoms with van der Waals surface area (Å²) in [5.74, 6) is -0.0271. The van der Waals surface area contributed by atoms with E-state index in [9.17, 15) is 9.59 Å². The first kappa shape index (κ1) is 14.2. The van der Waals surface area contributed by atoms with E-state index in [2.05, 4.69) is 0 Å². The average Bonchev–Trinajstić information content (AvgIpc) is 2.34. The van der Waals surface area contributed by atoms with E-state index in [0.29, 0.717) is 25.2 Å². The third-order valence-electron chi connectivity index (χ3n) is 2.58. The maximum atomic E-state index is 11.4. The fourth-order valence-electron chi connectivity index (χ4n) is 1.42. The van der Waals surface area contributed by atoms with Gasteiger partial charge in [0.25, 0.3) is 0 Å². The zero-order chi connectivity index (χ0) is 13.5. The maximum absolute atomic E-state index is 11.4. The Morgan fingerprint density at radius 2 is 1.83 bits per heavy atom. The van der Waals surface area contributed by atoms with Gasteiger partial charge in [0.1, 0.15) is 11.5 Å². The number of carboxylic acid groups (broad SMARTS) is 1. The molecule has 0 unspecified atom stereocenters. The van der Waals surface area contributed by atoms with Crippen molar-refractivity contribution in [3.05, 3.63) is 29.8 Å². The molecule has 98 valence electrons. The molecule has 0 aromatic heterocycles. The lowest BCUT2D eigenvalue weighted by Gasteiger charge is -2.07. The second-order valence-electron chi connectivity index (χ2n) is 4.40. The molecule has 0 aliphatic heterocycles. The minimum atomic E-state index is -0.955. The van der Waals surface area contributed by atoms with Crippen molar-refractivity contribution >= 4 is 11.8 Å². The average molecular weight is 250 g/mol. The van der Waals surface area contributed by atoms with Gasteiger partial charge in [0.05, 0.1) is 12.2 Å². The SMILES string of the molecule is CC(C)C(=O)CCCOc1ccc(C(=O)O)cc1. The molecule has 1 aromatic carbocycles. The Hall–Kier alpha value is -1.84. The van der Waals surface area contributed by atoms with Crippen molar-refractivity contribution in [1.29, 1.82) is 0 Å². The standard InChI is InChI=1S/C14H18O4/c1-10(2)13(15)4-3-9-18-12-7-5-11(6-8-12)14(16)17/h5-8,10H,3-4,9H2,1-2H3,(H,16,17). The quantitative estimate of drug-likeness (QED) is 0.756. The van der Waals surface area contributed by atoms with Gasteiger partial charge < -0.3 is 9.84 Å². The highest BCUT2D eigenvalue weighted by Crippen LogP contribution is 2.13. The number of hydrogen-bond acceptors (Lipinski definition) is 3. The van der Waals surface area contributed by atoms with Gasteiger partial charge in [-0.3, -0.25) is 4.79 Å².